The molecule has 162 valence electrons. The quantitative estimate of drug-likeness (QED) is 0.423. The number of rotatable bonds is 6. The van der Waals surface area contributed by atoms with Crippen LogP contribution >= 0.6 is 11.6 Å². The summed E-state index contributed by atoms with van der Waals surface area (Å²) in [4.78, 5) is 29.8. The van der Waals surface area contributed by atoms with Crippen LogP contribution in [-0.2, 0) is 14.3 Å². The van der Waals surface area contributed by atoms with E-state index >= 15 is 0 Å². The average molecular weight is 441 g/mol. The molecule has 2 aliphatic rings. The van der Waals surface area contributed by atoms with Crippen molar-refractivity contribution in [2.75, 3.05) is 39.4 Å². The van der Waals surface area contributed by atoms with Crippen molar-refractivity contribution in [3.63, 3.8) is 0 Å². The topological polar surface area (TPSA) is 70.1 Å². The molecular formula is C24H25ClN2O4. The summed E-state index contributed by atoms with van der Waals surface area (Å²) in [6.45, 7) is 4.40. The summed E-state index contributed by atoms with van der Waals surface area (Å²) in [5.74, 6) is -1.40. The summed E-state index contributed by atoms with van der Waals surface area (Å²) in [6, 6.07) is 15.2. The van der Waals surface area contributed by atoms with Crippen molar-refractivity contribution in [3.05, 3.63) is 76.3 Å². The molecular weight excluding hydrogens is 416 g/mol. The fourth-order valence-electron chi connectivity index (χ4n) is 4.14. The van der Waals surface area contributed by atoms with Crippen molar-refractivity contribution in [2.24, 2.45) is 0 Å². The third kappa shape index (κ3) is 4.66. The van der Waals surface area contributed by atoms with Crippen LogP contribution in [0.2, 0.25) is 5.02 Å². The Morgan fingerprint density at radius 2 is 1.68 bits per heavy atom. The number of carbonyl (C=O) groups excluding carboxylic acids is 2. The maximum Gasteiger partial charge on any atom is 0.295 e. The number of likely N-dealkylation sites (tertiary alicyclic amines) is 1. The molecule has 1 amide bonds. The van der Waals surface area contributed by atoms with Gasteiger partial charge in [0.25, 0.3) is 11.7 Å². The molecule has 0 bridgehead atoms. The highest BCUT2D eigenvalue weighted by molar-refractivity contribution is 6.46. The van der Waals surface area contributed by atoms with E-state index in [1.54, 1.807) is 53.4 Å². The molecule has 7 heteroatoms. The predicted molar refractivity (Wildman–Crippen MR) is 119 cm³/mol. The smallest absolute Gasteiger partial charge is 0.295 e. The minimum absolute atomic E-state index is 0.116. The second-order valence-corrected chi connectivity index (χ2v) is 8.15. The SMILES string of the molecule is O=C1C(=O)N(CCCN2CCOCC2)[C@@H](c2ccc(Cl)cc2)C1=C(O)c1ccccc1. The number of nitrogens with zero attached hydrogens (tertiary/aromatic N) is 2. The molecule has 1 atom stereocenters. The van der Waals surface area contributed by atoms with Crippen LogP contribution in [0, 0.1) is 0 Å². The van der Waals surface area contributed by atoms with Crippen molar-refractivity contribution in [3.8, 4) is 0 Å². The van der Waals surface area contributed by atoms with Gasteiger partial charge in [-0.2, -0.15) is 0 Å². The van der Waals surface area contributed by atoms with Gasteiger partial charge in [-0.1, -0.05) is 54.1 Å². The van der Waals surface area contributed by atoms with Gasteiger partial charge in [0.05, 0.1) is 24.8 Å². The lowest BCUT2D eigenvalue weighted by atomic mass is 9.95. The molecule has 4 rings (SSSR count). The summed E-state index contributed by atoms with van der Waals surface area (Å²) in [6.07, 6.45) is 0.725. The Kier molecular flexibility index (Phi) is 6.70. The van der Waals surface area contributed by atoms with Crippen LogP contribution in [0.1, 0.15) is 23.6 Å². The van der Waals surface area contributed by atoms with E-state index in [2.05, 4.69) is 4.90 Å². The molecule has 0 unspecified atom stereocenters. The Morgan fingerprint density at radius 3 is 2.35 bits per heavy atom. The first-order chi connectivity index (χ1) is 15.1. The first kappa shape index (κ1) is 21.6. The number of ketones is 1. The van der Waals surface area contributed by atoms with E-state index in [-0.39, 0.29) is 11.3 Å². The monoisotopic (exact) mass is 440 g/mol. The second-order valence-electron chi connectivity index (χ2n) is 7.72. The number of morpholine rings is 1. The highest BCUT2D eigenvalue weighted by atomic mass is 35.5. The lowest BCUT2D eigenvalue weighted by Gasteiger charge is -2.29. The summed E-state index contributed by atoms with van der Waals surface area (Å²) in [5.41, 5.74) is 1.37. The van der Waals surface area contributed by atoms with E-state index in [1.807, 2.05) is 6.07 Å². The third-order valence-corrected chi connectivity index (χ3v) is 6.00. The van der Waals surface area contributed by atoms with Crippen LogP contribution in [0.25, 0.3) is 5.76 Å². The molecule has 31 heavy (non-hydrogen) atoms. The maximum absolute atomic E-state index is 13.0. The fourth-order valence-corrected chi connectivity index (χ4v) is 4.27. The van der Waals surface area contributed by atoms with Crippen molar-refractivity contribution >= 4 is 29.1 Å². The number of carbonyl (C=O) groups is 2. The highest BCUT2D eigenvalue weighted by Crippen LogP contribution is 2.39. The van der Waals surface area contributed by atoms with Crippen LogP contribution in [0.15, 0.2) is 60.2 Å². The van der Waals surface area contributed by atoms with Gasteiger partial charge in [0.1, 0.15) is 5.76 Å². The van der Waals surface area contributed by atoms with Crippen molar-refractivity contribution in [1.29, 1.82) is 0 Å². The lowest BCUT2D eigenvalue weighted by Crippen LogP contribution is -2.38. The number of halogens is 1. The fraction of sp³-hybridized carbons (Fsp3) is 0.333. The lowest BCUT2D eigenvalue weighted by molar-refractivity contribution is -0.140. The molecule has 2 heterocycles. The molecule has 6 nitrogen and oxygen atoms in total. The number of hydrogen-bond donors (Lipinski definition) is 1. The van der Waals surface area contributed by atoms with Crippen LogP contribution in [0.3, 0.4) is 0 Å². The van der Waals surface area contributed by atoms with Crippen molar-refractivity contribution < 1.29 is 19.4 Å². The number of aliphatic hydroxyl groups is 1. The van der Waals surface area contributed by atoms with Gasteiger partial charge in [-0.15, -0.1) is 0 Å². The normalized spacial score (nSPS) is 21.6. The van der Waals surface area contributed by atoms with E-state index in [0.29, 0.717) is 30.3 Å². The molecule has 0 aliphatic carbocycles. The number of ether oxygens (including phenoxy) is 1. The predicted octanol–water partition coefficient (Wildman–Crippen LogP) is 3.48. The van der Waals surface area contributed by atoms with Gasteiger partial charge in [-0.3, -0.25) is 14.5 Å². The van der Waals surface area contributed by atoms with Gasteiger partial charge >= 0.3 is 0 Å². The van der Waals surface area contributed by atoms with E-state index < -0.39 is 17.7 Å². The van der Waals surface area contributed by atoms with E-state index in [1.165, 1.54) is 0 Å². The Labute approximate surface area is 186 Å². The Hall–Kier alpha value is -2.67. The second kappa shape index (κ2) is 9.64. The first-order valence-corrected chi connectivity index (χ1v) is 10.8. The number of amides is 1. The standard InChI is InChI=1S/C24H25ClN2O4/c25-19-9-7-17(8-10-19)21-20(22(28)18-5-2-1-3-6-18)23(29)24(30)27(21)12-4-11-26-13-15-31-16-14-26/h1-3,5-10,21,28H,4,11-16H2/t21-/m0/s1. The number of hydrogen-bond acceptors (Lipinski definition) is 5. The zero-order valence-electron chi connectivity index (χ0n) is 17.2. The number of benzene rings is 2. The Bertz CT molecular complexity index is 969. The summed E-state index contributed by atoms with van der Waals surface area (Å²) >= 11 is 6.05. The number of aliphatic hydroxyl groups excluding tert-OH is 1. The van der Waals surface area contributed by atoms with Crippen LogP contribution in [0.4, 0.5) is 0 Å². The zero-order valence-corrected chi connectivity index (χ0v) is 17.9. The van der Waals surface area contributed by atoms with E-state index in [0.717, 1.165) is 31.6 Å². The third-order valence-electron chi connectivity index (χ3n) is 5.75. The molecule has 2 aromatic carbocycles. The summed E-state index contributed by atoms with van der Waals surface area (Å²) in [7, 11) is 0. The van der Waals surface area contributed by atoms with Gasteiger partial charge in [-0.25, -0.2) is 0 Å². The van der Waals surface area contributed by atoms with Gasteiger partial charge in [-0.05, 0) is 24.1 Å². The molecule has 2 aliphatic heterocycles. The Balaban J connectivity index is 1.65. The van der Waals surface area contributed by atoms with Crippen LogP contribution < -0.4 is 0 Å². The largest absolute Gasteiger partial charge is 0.507 e. The molecule has 0 radical (unpaired) electrons. The zero-order chi connectivity index (χ0) is 21.8. The molecule has 2 fully saturated rings. The van der Waals surface area contributed by atoms with Gasteiger partial charge in [0, 0.05) is 36.8 Å². The molecule has 1 N–H and O–H groups in total. The minimum Gasteiger partial charge on any atom is -0.507 e. The maximum atomic E-state index is 13.0. The highest BCUT2D eigenvalue weighted by Gasteiger charge is 2.45. The first-order valence-electron chi connectivity index (χ1n) is 10.5. The molecule has 0 saturated carbocycles. The number of Topliss-reactive ketones (excluding diaryl/α,β-unsaturated/α-hetero) is 1. The van der Waals surface area contributed by atoms with Crippen molar-refractivity contribution in [1.82, 2.24) is 9.80 Å². The van der Waals surface area contributed by atoms with Gasteiger partial charge in [0.15, 0.2) is 0 Å². The summed E-state index contributed by atoms with van der Waals surface area (Å²) < 4.78 is 5.38. The summed E-state index contributed by atoms with van der Waals surface area (Å²) in [5, 5.41) is 11.5. The van der Waals surface area contributed by atoms with Gasteiger partial charge in [0.2, 0.25) is 0 Å². The molecule has 2 aromatic rings. The van der Waals surface area contributed by atoms with Crippen LogP contribution in [-0.4, -0.2) is 66.0 Å². The van der Waals surface area contributed by atoms with E-state index in [4.69, 9.17) is 16.3 Å². The molecule has 0 aromatic heterocycles. The molecule has 0 spiro atoms. The molecule has 2 saturated heterocycles. The Morgan fingerprint density at radius 1 is 1.00 bits per heavy atom. The van der Waals surface area contributed by atoms with Gasteiger partial charge < -0.3 is 14.7 Å². The minimum atomic E-state index is -0.660. The average Bonchev–Trinajstić information content (AvgIpc) is 3.05. The van der Waals surface area contributed by atoms with E-state index in [9.17, 15) is 14.7 Å². The van der Waals surface area contributed by atoms with Crippen LogP contribution in [0.5, 0.6) is 0 Å². The van der Waals surface area contributed by atoms with Crippen molar-refractivity contribution in [2.45, 2.75) is 12.5 Å².